The minimum atomic E-state index is -0.535. The molecule has 0 aliphatic rings. The van der Waals surface area contributed by atoms with Crippen LogP contribution in [0.3, 0.4) is 0 Å². The predicted octanol–water partition coefficient (Wildman–Crippen LogP) is 1.34. The molecule has 20 heavy (non-hydrogen) atoms. The molecule has 2 aromatic heterocycles. The van der Waals surface area contributed by atoms with E-state index in [-0.39, 0.29) is 5.82 Å². The minimum absolute atomic E-state index is 0.0704. The number of nitrogens with one attached hydrogen (secondary N) is 2. The van der Waals surface area contributed by atoms with Gasteiger partial charge >= 0.3 is 5.97 Å². The smallest absolute Gasteiger partial charge is 0.376 e. The second kappa shape index (κ2) is 6.65. The van der Waals surface area contributed by atoms with Gasteiger partial charge in [0.2, 0.25) is 5.82 Å². The Morgan fingerprint density at radius 2 is 2.30 bits per heavy atom. The van der Waals surface area contributed by atoms with E-state index >= 15 is 0 Å². The van der Waals surface area contributed by atoms with Crippen molar-refractivity contribution < 1.29 is 9.53 Å². The number of methoxy groups -OCH3 is 1. The second-order valence-electron chi connectivity index (χ2n) is 4.28. The van der Waals surface area contributed by atoms with Crippen molar-refractivity contribution in [2.75, 3.05) is 19.0 Å². The van der Waals surface area contributed by atoms with E-state index in [0.717, 1.165) is 25.2 Å². The minimum Gasteiger partial charge on any atom is -0.463 e. The van der Waals surface area contributed by atoms with E-state index in [1.807, 2.05) is 6.92 Å². The lowest BCUT2D eigenvalue weighted by molar-refractivity contribution is 0.0586. The monoisotopic (exact) mass is 275 g/mol. The molecule has 7 nitrogen and oxygen atoms in total. The zero-order chi connectivity index (χ0) is 14.4. The number of rotatable bonds is 6. The van der Waals surface area contributed by atoms with E-state index < -0.39 is 5.97 Å². The van der Waals surface area contributed by atoms with Crippen LogP contribution in [-0.2, 0) is 11.2 Å². The van der Waals surface area contributed by atoms with E-state index in [1.165, 1.54) is 7.11 Å². The number of anilines is 1. The van der Waals surface area contributed by atoms with Crippen molar-refractivity contribution in [3.05, 3.63) is 35.8 Å². The number of hydrogen-bond donors (Lipinski definition) is 2. The van der Waals surface area contributed by atoms with Gasteiger partial charge in [-0.25, -0.2) is 19.7 Å². The first kappa shape index (κ1) is 14.0. The maximum atomic E-state index is 11.4. The maximum Gasteiger partial charge on any atom is 0.376 e. The van der Waals surface area contributed by atoms with Crippen LogP contribution < -0.4 is 5.32 Å². The van der Waals surface area contributed by atoms with Crippen molar-refractivity contribution in [3.63, 3.8) is 0 Å². The number of hydrogen-bond acceptors (Lipinski definition) is 6. The number of carbonyl (C=O) groups is 1. The van der Waals surface area contributed by atoms with Crippen LogP contribution in [0.25, 0.3) is 0 Å². The quantitative estimate of drug-likeness (QED) is 0.610. The molecular weight excluding hydrogens is 258 g/mol. The lowest BCUT2D eigenvalue weighted by Gasteiger charge is -2.07. The Bertz CT molecular complexity index is 568. The van der Waals surface area contributed by atoms with Gasteiger partial charge in [-0.2, -0.15) is 0 Å². The Hall–Kier alpha value is -2.44. The molecule has 0 atom stereocenters. The molecule has 7 heteroatoms. The van der Waals surface area contributed by atoms with E-state index in [9.17, 15) is 4.79 Å². The number of esters is 1. The second-order valence-corrected chi connectivity index (χ2v) is 4.28. The van der Waals surface area contributed by atoms with Crippen molar-refractivity contribution >= 4 is 11.8 Å². The molecule has 0 saturated heterocycles. The summed E-state index contributed by atoms with van der Waals surface area (Å²) in [7, 11) is 1.31. The molecule has 0 fully saturated rings. The van der Waals surface area contributed by atoms with Gasteiger partial charge in [0.05, 0.1) is 7.11 Å². The summed E-state index contributed by atoms with van der Waals surface area (Å²) in [5.74, 6) is 1.12. The van der Waals surface area contributed by atoms with Gasteiger partial charge in [0.15, 0.2) is 0 Å². The molecule has 2 aromatic rings. The Kier molecular flexibility index (Phi) is 4.65. The average molecular weight is 275 g/mol. The Balaban J connectivity index is 1.89. The number of aromatic amines is 1. The number of H-pyrrole nitrogens is 1. The van der Waals surface area contributed by atoms with Crippen molar-refractivity contribution in [1.29, 1.82) is 0 Å². The predicted molar refractivity (Wildman–Crippen MR) is 73.5 cm³/mol. The Morgan fingerprint density at radius 1 is 1.45 bits per heavy atom. The van der Waals surface area contributed by atoms with E-state index in [1.54, 1.807) is 18.5 Å². The molecule has 2 heterocycles. The average Bonchev–Trinajstić information content (AvgIpc) is 2.95. The van der Waals surface area contributed by atoms with E-state index in [2.05, 4.69) is 30.0 Å². The standard InChI is InChI=1S/C13H17N5O2/c1-9-8-11(18-12(17-9)13(19)20-2)14-5-3-4-10-15-6-7-16-10/h6-8H,3-5H2,1-2H3,(H,15,16)(H,14,17,18). The molecule has 0 bridgehead atoms. The molecule has 2 rings (SSSR count). The van der Waals surface area contributed by atoms with Gasteiger partial charge in [-0.15, -0.1) is 0 Å². The summed E-state index contributed by atoms with van der Waals surface area (Å²) in [5.41, 5.74) is 0.717. The highest BCUT2D eigenvalue weighted by Crippen LogP contribution is 2.07. The highest BCUT2D eigenvalue weighted by atomic mass is 16.5. The summed E-state index contributed by atoms with van der Waals surface area (Å²) in [6.07, 6.45) is 5.30. The van der Waals surface area contributed by atoms with E-state index in [0.29, 0.717) is 11.5 Å². The van der Waals surface area contributed by atoms with Crippen LogP contribution in [0.15, 0.2) is 18.5 Å². The molecule has 0 unspecified atom stereocenters. The molecule has 0 spiro atoms. The third kappa shape index (κ3) is 3.78. The Labute approximate surface area is 116 Å². The van der Waals surface area contributed by atoms with Gasteiger partial charge < -0.3 is 15.0 Å². The van der Waals surface area contributed by atoms with Crippen molar-refractivity contribution in [3.8, 4) is 0 Å². The third-order valence-corrected chi connectivity index (χ3v) is 2.67. The number of aryl methyl sites for hydroxylation is 2. The third-order valence-electron chi connectivity index (χ3n) is 2.67. The van der Waals surface area contributed by atoms with Gasteiger partial charge in [-0.1, -0.05) is 0 Å². The fourth-order valence-electron chi connectivity index (χ4n) is 1.75. The number of carbonyl (C=O) groups excluding carboxylic acids is 1. The molecule has 2 N–H and O–H groups in total. The first-order chi connectivity index (χ1) is 9.69. The molecular formula is C13H17N5O2. The van der Waals surface area contributed by atoms with Crippen molar-refractivity contribution in [2.45, 2.75) is 19.8 Å². The van der Waals surface area contributed by atoms with Crippen LogP contribution >= 0.6 is 0 Å². The van der Waals surface area contributed by atoms with Crippen LogP contribution in [0, 0.1) is 6.92 Å². The summed E-state index contributed by atoms with van der Waals surface area (Å²) in [4.78, 5) is 26.8. The SMILES string of the molecule is COC(=O)c1nc(C)cc(NCCCc2ncc[nH]2)n1. The summed E-state index contributed by atoms with van der Waals surface area (Å²) in [5, 5.41) is 3.17. The number of nitrogens with zero attached hydrogens (tertiary/aromatic N) is 3. The topological polar surface area (TPSA) is 92.8 Å². The van der Waals surface area contributed by atoms with Crippen LogP contribution in [0.5, 0.6) is 0 Å². The van der Waals surface area contributed by atoms with Gasteiger partial charge in [-0.05, 0) is 13.3 Å². The molecule has 0 amide bonds. The molecule has 0 saturated carbocycles. The molecule has 0 aliphatic heterocycles. The molecule has 106 valence electrons. The summed E-state index contributed by atoms with van der Waals surface area (Å²) >= 11 is 0. The lowest BCUT2D eigenvalue weighted by Crippen LogP contribution is -2.12. The van der Waals surface area contributed by atoms with Gasteiger partial charge in [-0.3, -0.25) is 0 Å². The van der Waals surface area contributed by atoms with Crippen LogP contribution in [0.2, 0.25) is 0 Å². The highest BCUT2D eigenvalue weighted by molar-refractivity contribution is 5.85. The fourth-order valence-corrected chi connectivity index (χ4v) is 1.75. The number of ether oxygens (including phenoxy) is 1. The largest absolute Gasteiger partial charge is 0.463 e. The van der Waals surface area contributed by atoms with Crippen LogP contribution in [0.4, 0.5) is 5.82 Å². The first-order valence-corrected chi connectivity index (χ1v) is 6.35. The number of aromatic nitrogens is 4. The van der Waals surface area contributed by atoms with Crippen LogP contribution in [0.1, 0.15) is 28.6 Å². The zero-order valence-corrected chi connectivity index (χ0v) is 11.5. The van der Waals surface area contributed by atoms with Gasteiger partial charge in [0.25, 0.3) is 0 Å². The maximum absolute atomic E-state index is 11.4. The normalized spacial score (nSPS) is 10.3. The summed E-state index contributed by atoms with van der Waals surface area (Å²) < 4.78 is 4.62. The molecule has 0 aliphatic carbocycles. The highest BCUT2D eigenvalue weighted by Gasteiger charge is 2.11. The lowest BCUT2D eigenvalue weighted by atomic mass is 10.3. The molecule has 0 aromatic carbocycles. The van der Waals surface area contributed by atoms with Crippen molar-refractivity contribution in [2.24, 2.45) is 0 Å². The summed E-state index contributed by atoms with van der Waals surface area (Å²) in [6.45, 7) is 2.54. The molecule has 0 radical (unpaired) electrons. The Morgan fingerprint density at radius 3 is 3.00 bits per heavy atom. The van der Waals surface area contributed by atoms with Gasteiger partial charge in [0, 0.05) is 37.1 Å². The first-order valence-electron chi connectivity index (χ1n) is 6.35. The van der Waals surface area contributed by atoms with E-state index in [4.69, 9.17) is 0 Å². The van der Waals surface area contributed by atoms with Crippen LogP contribution in [-0.4, -0.2) is 39.6 Å². The van der Waals surface area contributed by atoms with Gasteiger partial charge in [0.1, 0.15) is 11.6 Å². The van der Waals surface area contributed by atoms with Crippen molar-refractivity contribution in [1.82, 2.24) is 19.9 Å². The fraction of sp³-hybridized carbons (Fsp3) is 0.385. The summed E-state index contributed by atoms with van der Waals surface area (Å²) in [6, 6.07) is 1.79. The zero-order valence-electron chi connectivity index (χ0n) is 11.5. The number of imidazole rings is 1.